The van der Waals surface area contributed by atoms with Crippen LogP contribution in [0.3, 0.4) is 0 Å². The standard InChI is InChI=1S/C22H15N3O7/c1-31-20-11-16(25(29)30)5-7-18(20)19-8-6-17(32-19)10-14(12-23)21(26)24-15-4-2-3-13(9-15)22(27)28/h2-11H,1H3,(H,24,26)(H,27,28)/b14-10-. The molecule has 0 radical (unpaired) electrons. The minimum atomic E-state index is -1.15. The first kappa shape index (κ1) is 21.8. The van der Waals surface area contributed by atoms with Gasteiger partial charge in [-0.15, -0.1) is 0 Å². The molecule has 3 aromatic rings. The molecule has 160 valence electrons. The number of methoxy groups -OCH3 is 1. The van der Waals surface area contributed by atoms with Gasteiger partial charge < -0.3 is 19.6 Å². The van der Waals surface area contributed by atoms with Crippen molar-refractivity contribution in [2.75, 3.05) is 12.4 Å². The van der Waals surface area contributed by atoms with E-state index in [1.54, 1.807) is 12.1 Å². The Morgan fingerprint density at radius 1 is 1.22 bits per heavy atom. The van der Waals surface area contributed by atoms with Crippen LogP contribution in [0.15, 0.2) is 64.6 Å². The Kier molecular flexibility index (Phi) is 6.31. The number of benzene rings is 2. The van der Waals surface area contributed by atoms with Crippen LogP contribution in [0.5, 0.6) is 5.75 Å². The van der Waals surface area contributed by atoms with Gasteiger partial charge in [-0.1, -0.05) is 6.07 Å². The molecule has 0 fully saturated rings. The summed E-state index contributed by atoms with van der Waals surface area (Å²) in [6.45, 7) is 0. The Hall–Kier alpha value is -4.91. The number of nitrogens with zero attached hydrogens (tertiary/aromatic N) is 2. The van der Waals surface area contributed by atoms with Crippen LogP contribution >= 0.6 is 0 Å². The maximum atomic E-state index is 12.4. The largest absolute Gasteiger partial charge is 0.496 e. The molecule has 0 aliphatic heterocycles. The quantitative estimate of drug-likeness (QED) is 0.244. The van der Waals surface area contributed by atoms with Gasteiger partial charge in [0.25, 0.3) is 11.6 Å². The van der Waals surface area contributed by atoms with Crippen LogP contribution in [0.4, 0.5) is 11.4 Å². The zero-order valence-corrected chi connectivity index (χ0v) is 16.6. The second-order valence-electron chi connectivity index (χ2n) is 6.35. The highest BCUT2D eigenvalue weighted by molar-refractivity contribution is 6.09. The molecular formula is C22H15N3O7. The summed E-state index contributed by atoms with van der Waals surface area (Å²) in [7, 11) is 1.36. The summed E-state index contributed by atoms with van der Waals surface area (Å²) in [5, 5.41) is 31.8. The van der Waals surface area contributed by atoms with Crippen molar-refractivity contribution in [1.82, 2.24) is 0 Å². The van der Waals surface area contributed by atoms with E-state index in [2.05, 4.69) is 5.32 Å². The number of nitriles is 1. The van der Waals surface area contributed by atoms with Crippen molar-refractivity contribution >= 4 is 29.3 Å². The zero-order chi connectivity index (χ0) is 23.3. The number of carboxylic acid groups (broad SMARTS) is 1. The van der Waals surface area contributed by atoms with E-state index in [0.717, 1.165) is 0 Å². The number of carbonyl (C=O) groups is 2. The van der Waals surface area contributed by atoms with Gasteiger partial charge in [-0.2, -0.15) is 5.26 Å². The molecule has 32 heavy (non-hydrogen) atoms. The number of nitrogens with one attached hydrogen (secondary N) is 1. The van der Waals surface area contributed by atoms with Crippen LogP contribution in [0, 0.1) is 21.4 Å². The lowest BCUT2D eigenvalue weighted by molar-refractivity contribution is -0.384. The molecule has 2 N–H and O–H groups in total. The number of furan rings is 1. The Balaban J connectivity index is 1.85. The van der Waals surface area contributed by atoms with Gasteiger partial charge >= 0.3 is 5.97 Å². The number of rotatable bonds is 7. The van der Waals surface area contributed by atoms with Crippen molar-refractivity contribution < 1.29 is 28.8 Å². The Labute approximate surface area is 181 Å². The van der Waals surface area contributed by atoms with Gasteiger partial charge in [0.05, 0.1) is 29.2 Å². The topological polar surface area (TPSA) is 156 Å². The molecule has 1 heterocycles. The summed E-state index contributed by atoms with van der Waals surface area (Å²) in [6, 6.07) is 14.5. The maximum Gasteiger partial charge on any atom is 0.335 e. The van der Waals surface area contributed by atoms with E-state index >= 15 is 0 Å². The number of carbonyl (C=O) groups excluding carboxylic acids is 1. The third-order valence-electron chi connectivity index (χ3n) is 4.31. The fraction of sp³-hybridized carbons (Fsp3) is 0.0455. The predicted molar refractivity (Wildman–Crippen MR) is 113 cm³/mol. The molecule has 0 saturated carbocycles. The Morgan fingerprint density at radius 2 is 2.00 bits per heavy atom. The smallest absolute Gasteiger partial charge is 0.335 e. The highest BCUT2D eigenvalue weighted by Crippen LogP contribution is 2.34. The van der Waals surface area contributed by atoms with E-state index in [1.165, 1.54) is 61.7 Å². The van der Waals surface area contributed by atoms with Crippen LogP contribution in [0.1, 0.15) is 16.1 Å². The normalized spacial score (nSPS) is 10.8. The molecule has 0 aliphatic carbocycles. The first-order valence-corrected chi connectivity index (χ1v) is 9.01. The molecule has 0 atom stereocenters. The minimum Gasteiger partial charge on any atom is -0.496 e. The van der Waals surface area contributed by atoms with Crippen molar-refractivity contribution in [3.63, 3.8) is 0 Å². The van der Waals surface area contributed by atoms with Crippen molar-refractivity contribution in [3.8, 4) is 23.1 Å². The average Bonchev–Trinajstić information content (AvgIpc) is 3.25. The lowest BCUT2D eigenvalue weighted by Gasteiger charge is -2.06. The molecule has 1 aromatic heterocycles. The highest BCUT2D eigenvalue weighted by Gasteiger charge is 2.16. The van der Waals surface area contributed by atoms with Crippen LogP contribution in [0.2, 0.25) is 0 Å². The molecule has 2 aromatic carbocycles. The Morgan fingerprint density at radius 3 is 2.66 bits per heavy atom. The maximum absolute atomic E-state index is 12.4. The van der Waals surface area contributed by atoms with Crippen molar-refractivity contribution in [1.29, 1.82) is 5.26 Å². The van der Waals surface area contributed by atoms with E-state index in [0.29, 0.717) is 11.3 Å². The van der Waals surface area contributed by atoms with Gasteiger partial charge in [0, 0.05) is 17.8 Å². The number of ether oxygens (including phenoxy) is 1. The molecule has 0 aliphatic rings. The monoisotopic (exact) mass is 433 g/mol. The second kappa shape index (κ2) is 9.27. The molecule has 10 nitrogen and oxygen atoms in total. The van der Waals surface area contributed by atoms with Crippen LogP contribution in [0.25, 0.3) is 17.4 Å². The number of nitro benzene ring substituents is 1. The lowest BCUT2D eigenvalue weighted by Crippen LogP contribution is -2.13. The van der Waals surface area contributed by atoms with Gasteiger partial charge in [0.15, 0.2) is 0 Å². The summed E-state index contributed by atoms with van der Waals surface area (Å²) in [5.74, 6) is -1.18. The zero-order valence-electron chi connectivity index (χ0n) is 16.6. The first-order chi connectivity index (χ1) is 15.3. The first-order valence-electron chi connectivity index (χ1n) is 9.01. The molecule has 0 spiro atoms. The number of amides is 1. The van der Waals surface area contributed by atoms with E-state index in [-0.39, 0.29) is 34.0 Å². The Bertz CT molecular complexity index is 1280. The van der Waals surface area contributed by atoms with E-state index in [9.17, 15) is 25.0 Å². The molecular weight excluding hydrogens is 418 g/mol. The lowest BCUT2D eigenvalue weighted by atomic mass is 10.1. The van der Waals surface area contributed by atoms with E-state index in [1.807, 2.05) is 0 Å². The van der Waals surface area contributed by atoms with Crippen LogP contribution in [-0.4, -0.2) is 29.0 Å². The number of anilines is 1. The number of carboxylic acids is 1. The van der Waals surface area contributed by atoms with Crippen molar-refractivity contribution in [3.05, 3.63) is 81.6 Å². The highest BCUT2D eigenvalue weighted by atomic mass is 16.6. The van der Waals surface area contributed by atoms with Gasteiger partial charge in [0.2, 0.25) is 0 Å². The number of hydrogen-bond donors (Lipinski definition) is 2. The van der Waals surface area contributed by atoms with E-state index < -0.39 is 16.8 Å². The summed E-state index contributed by atoms with van der Waals surface area (Å²) >= 11 is 0. The van der Waals surface area contributed by atoms with Crippen LogP contribution in [-0.2, 0) is 4.79 Å². The number of non-ortho nitro benzene ring substituents is 1. The van der Waals surface area contributed by atoms with Gasteiger partial charge in [-0.05, 0) is 36.4 Å². The fourth-order valence-electron chi connectivity index (χ4n) is 2.79. The van der Waals surface area contributed by atoms with Crippen molar-refractivity contribution in [2.24, 2.45) is 0 Å². The number of aromatic carboxylic acids is 1. The van der Waals surface area contributed by atoms with Crippen molar-refractivity contribution in [2.45, 2.75) is 0 Å². The van der Waals surface area contributed by atoms with E-state index in [4.69, 9.17) is 14.3 Å². The molecule has 0 bridgehead atoms. The average molecular weight is 433 g/mol. The second-order valence-corrected chi connectivity index (χ2v) is 6.35. The number of nitro groups is 1. The molecule has 3 rings (SSSR count). The van der Waals surface area contributed by atoms with Gasteiger partial charge in [-0.3, -0.25) is 14.9 Å². The third kappa shape index (κ3) is 4.80. The fourth-order valence-corrected chi connectivity index (χ4v) is 2.79. The van der Waals surface area contributed by atoms with Gasteiger partial charge in [0.1, 0.15) is 28.9 Å². The summed E-state index contributed by atoms with van der Waals surface area (Å²) in [5.41, 5.74) is 0.228. The summed E-state index contributed by atoms with van der Waals surface area (Å²) < 4.78 is 10.9. The molecule has 0 unspecified atom stereocenters. The van der Waals surface area contributed by atoms with Gasteiger partial charge in [-0.25, -0.2) is 4.79 Å². The number of hydrogen-bond acceptors (Lipinski definition) is 7. The molecule has 0 saturated heterocycles. The predicted octanol–water partition coefficient (Wildman–Crippen LogP) is 4.11. The summed E-state index contributed by atoms with van der Waals surface area (Å²) in [6.07, 6.45) is 1.22. The molecule has 1 amide bonds. The SMILES string of the molecule is COc1cc([N+](=O)[O-])ccc1-c1ccc(/C=C(/C#N)C(=O)Nc2cccc(C(=O)O)c2)o1. The molecule has 10 heteroatoms. The third-order valence-corrected chi connectivity index (χ3v) is 4.31. The van der Waals surface area contributed by atoms with Crippen LogP contribution < -0.4 is 10.1 Å². The minimum absolute atomic E-state index is 0.0157. The summed E-state index contributed by atoms with van der Waals surface area (Å²) in [4.78, 5) is 33.9.